The number of halogens is 1. The fraction of sp³-hybridized carbons (Fsp3) is 0.412. The molecule has 6 heteroatoms. The molecular weight excluding hydrogens is 401 g/mol. The lowest BCUT2D eigenvalue weighted by Crippen LogP contribution is -2.38. The molecule has 2 aromatic rings. The maximum Gasteiger partial charge on any atom is 0.191 e. The first-order valence-electron chi connectivity index (χ1n) is 7.83. The van der Waals surface area contributed by atoms with Crippen LogP contribution in [-0.2, 0) is 13.1 Å². The van der Waals surface area contributed by atoms with Crippen molar-refractivity contribution >= 4 is 29.9 Å². The molecule has 0 atom stereocenters. The number of guanidine groups is 1. The van der Waals surface area contributed by atoms with Crippen LogP contribution in [0.2, 0.25) is 0 Å². The molecule has 23 heavy (non-hydrogen) atoms. The number of hydrogen-bond donors (Lipinski definition) is 2. The molecule has 2 rings (SSSR count). The Morgan fingerprint density at radius 3 is 2.65 bits per heavy atom. The highest BCUT2D eigenvalue weighted by Crippen LogP contribution is 2.04. The minimum absolute atomic E-state index is 0. The van der Waals surface area contributed by atoms with Crippen LogP contribution in [0.15, 0.2) is 47.7 Å². The Hall–Kier alpha value is -1.57. The Morgan fingerprint density at radius 2 is 2.00 bits per heavy atom. The quantitative estimate of drug-likeness (QED) is 0.309. The lowest BCUT2D eigenvalue weighted by atomic mass is 10.1. The lowest BCUT2D eigenvalue weighted by molar-refractivity contribution is 0.570. The normalized spacial score (nSPS) is 11.0. The van der Waals surface area contributed by atoms with Crippen LogP contribution in [0.5, 0.6) is 0 Å². The largest absolute Gasteiger partial charge is 0.357 e. The first-order chi connectivity index (χ1) is 10.8. The van der Waals surface area contributed by atoms with E-state index in [0.29, 0.717) is 6.54 Å². The van der Waals surface area contributed by atoms with Crippen LogP contribution < -0.4 is 10.6 Å². The second-order valence-electron chi connectivity index (χ2n) is 5.23. The van der Waals surface area contributed by atoms with Gasteiger partial charge in [-0.05, 0) is 31.9 Å². The van der Waals surface area contributed by atoms with Crippen molar-refractivity contribution in [3.63, 3.8) is 0 Å². The van der Waals surface area contributed by atoms with Crippen molar-refractivity contribution in [2.24, 2.45) is 4.99 Å². The molecule has 0 unspecified atom stereocenters. The van der Waals surface area contributed by atoms with Gasteiger partial charge in [0.2, 0.25) is 0 Å². The van der Waals surface area contributed by atoms with Gasteiger partial charge in [-0.3, -0.25) is 4.68 Å². The van der Waals surface area contributed by atoms with Crippen LogP contribution in [0.1, 0.15) is 24.5 Å². The number of hydrogen-bond acceptors (Lipinski definition) is 2. The van der Waals surface area contributed by atoms with E-state index in [1.807, 2.05) is 16.9 Å². The van der Waals surface area contributed by atoms with Crippen molar-refractivity contribution in [2.75, 3.05) is 13.1 Å². The second kappa shape index (κ2) is 11.0. The number of aliphatic imine (C=N–C) groups is 1. The predicted molar refractivity (Wildman–Crippen MR) is 106 cm³/mol. The summed E-state index contributed by atoms with van der Waals surface area (Å²) >= 11 is 0. The monoisotopic (exact) mass is 427 g/mol. The summed E-state index contributed by atoms with van der Waals surface area (Å²) in [7, 11) is 0. The Morgan fingerprint density at radius 1 is 1.22 bits per heavy atom. The summed E-state index contributed by atoms with van der Waals surface area (Å²) in [6.45, 7) is 7.51. The highest BCUT2D eigenvalue weighted by atomic mass is 127. The topological polar surface area (TPSA) is 54.2 Å². The van der Waals surface area contributed by atoms with Gasteiger partial charge >= 0.3 is 0 Å². The number of rotatable bonds is 7. The van der Waals surface area contributed by atoms with Gasteiger partial charge in [-0.15, -0.1) is 24.0 Å². The zero-order valence-electron chi connectivity index (χ0n) is 13.8. The SMILES string of the molecule is CCNC(=NCc1ccc(C)cc1)NCCCn1cccn1.I. The molecule has 0 fully saturated rings. The van der Waals surface area contributed by atoms with E-state index in [1.54, 1.807) is 6.20 Å². The molecule has 0 aliphatic heterocycles. The minimum Gasteiger partial charge on any atom is -0.357 e. The van der Waals surface area contributed by atoms with Gasteiger partial charge in [-0.1, -0.05) is 29.8 Å². The molecule has 0 radical (unpaired) electrons. The summed E-state index contributed by atoms with van der Waals surface area (Å²) in [5.74, 6) is 0.864. The summed E-state index contributed by atoms with van der Waals surface area (Å²) < 4.78 is 1.94. The van der Waals surface area contributed by atoms with Crippen LogP contribution in [-0.4, -0.2) is 28.8 Å². The highest BCUT2D eigenvalue weighted by Gasteiger charge is 1.98. The number of benzene rings is 1. The molecule has 0 aliphatic rings. The van der Waals surface area contributed by atoms with Crippen LogP contribution in [0.3, 0.4) is 0 Å². The van der Waals surface area contributed by atoms with Gasteiger partial charge in [0.1, 0.15) is 0 Å². The molecule has 1 aromatic carbocycles. The average Bonchev–Trinajstić information content (AvgIpc) is 3.04. The third-order valence-electron chi connectivity index (χ3n) is 3.30. The van der Waals surface area contributed by atoms with Crippen LogP contribution in [0.25, 0.3) is 0 Å². The molecule has 1 heterocycles. The molecule has 0 saturated carbocycles. The molecule has 126 valence electrons. The maximum absolute atomic E-state index is 4.62. The molecule has 0 amide bonds. The van der Waals surface area contributed by atoms with Crippen molar-refractivity contribution in [3.8, 4) is 0 Å². The molecule has 0 saturated heterocycles. The van der Waals surface area contributed by atoms with E-state index >= 15 is 0 Å². The summed E-state index contributed by atoms with van der Waals surface area (Å²) in [6.07, 6.45) is 4.80. The van der Waals surface area contributed by atoms with E-state index in [-0.39, 0.29) is 24.0 Å². The summed E-state index contributed by atoms with van der Waals surface area (Å²) in [5.41, 5.74) is 2.50. The smallest absolute Gasteiger partial charge is 0.191 e. The second-order valence-corrected chi connectivity index (χ2v) is 5.23. The Balaban J connectivity index is 0.00000264. The molecule has 0 spiro atoms. The van der Waals surface area contributed by atoms with E-state index in [1.165, 1.54) is 11.1 Å². The molecule has 0 aliphatic carbocycles. The summed E-state index contributed by atoms with van der Waals surface area (Å²) in [5, 5.41) is 10.8. The predicted octanol–water partition coefficient (Wildman–Crippen LogP) is 2.95. The molecule has 5 nitrogen and oxygen atoms in total. The third-order valence-corrected chi connectivity index (χ3v) is 3.30. The number of nitrogens with zero attached hydrogens (tertiary/aromatic N) is 3. The first-order valence-corrected chi connectivity index (χ1v) is 7.83. The van der Waals surface area contributed by atoms with Gasteiger partial charge < -0.3 is 10.6 Å². The van der Waals surface area contributed by atoms with Gasteiger partial charge in [0.15, 0.2) is 5.96 Å². The zero-order valence-corrected chi connectivity index (χ0v) is 16.2. The van der Waals surface area contributed by atoms with Crippen LogP contribution in [0, 0.1) is 6.92 Å². The van der Waals surface area contributed by atoms with E-state index < -0.39 is 0 Å². The zero-order chi connectivity index (χ0) is 15.6. The fourth-order valence-electron chi connectivity index (χ4n) is 2.09. The van der Waals surface area contributed by atoms with Crippen molar-refractivity contribution in [3.05, 3.63) is 53.9 Å². The maximum atomic E-state index is 4.62. The molecular formula is C17H26IN5. The van der Waals surface area contributed by atoms with Gasteiger partial charge in [-0.2, -0.15) is 5.10 Å². The van der Waals surface area contributed by atoms with Crippen LogP contribution >= 0.6 is 24.0 Å². The fourth-order valence-corrected chi connectivity index (χ4v) is 2.09. The molecule has 1 aromatic heterocycles. The highest BCUT2D eigenvalue weighted by molar-refractivity contribution is 14.0. The number of aryl methyl sites for hydroxylation is 2. The summed E-state index contributed by atoms with van der Waals surface area (Å²) in [6, 6.07) is 10.4. The Bertz CT molecular complexity index is 563. The van der Waals surface area contributed by atoms with Crippen LogP contribution in [0.4, 0.5) is 0 Å². The number of nitrogens with one attached hydrogen (secondary N) is 2. The number of aromatic nitrogens is 2. The lowest BCUT2D eigenvalue weighted by Gasteiger charge is -2.11. The average molecular weight is 427 g/mol. The van der Waals surface area contributed by atoms with Crippen molar-refractivity contribution in [1.29, 1.82) is 0 Å². The van der Waals surface area contributed by atoms with E-state index in [2.05, 4.69) is 58.8 Å². The van der Waals surface area contributed by atoms with Crippen molar-refractivity contribution in [1.82, 2.24) is 20.4 Å². The first kappa shape index (κ1) is 19.5. The van der Waals surface area contributed by atoms with E-state index in [0.717, 1.165) is 32.0 Å². The van der Waals surface area contributed by atoms with Crippen molar-refractivity contribution < 1.29 is 0 Å². The van der Waals surface area contributed by atoms with Gasteiger partial charge in [0.05, 0.1) is 6.54 Å². The Kier molecular flexibility index (Phi) is 9.35. The third kappa shape index (κ3) is 7.49. The van der Waals surface area contributed by atoms with E-state index in [9.17, 15) is 0 Å². The van der Waals surface area contributed by atoms with Crippen molar-refractivity contribution in [2.45, 2.75) is 33.4 Å². The minimum atomic E-state index is 0. The van der Waals surface area contributed by atoms with Gasteiger partial charge in [-0.25, -0.2) is 4.99 Å². The summed E-state index contributed by atoms with van der Waals surface area (Å²) in [4.78, 5) is 4.62. The van der Waals surface area contributed by atoms with E-state index in [4.69, 9.17) is 0 Å². The molecule has 2 N–H and O–H groups in total. The molecule has 0 bridgehead atoms. The van der Waals surface area contributed by atoms with Gasteiger partial charge in [0.25, 0.3) is 0 Å². The Labute approximate surface area is 155 Å². The standard InChI is InChI=1S/C17H25N5.HI/c1-3-18-17(19-10-4-12-22-13-5-11-21-22)20-14-16-8-6-15(2)7-9-16;/h5-9,11,13H,3-4,10,12,14H2,1-2H3,(H2,18,19,20);1H. The van der Waals surface area contributed by atoms with Gasteiger partial charge in [0, 0.05) is 32.0 Å².